The Kier molecular flexibility index (Phi) is 10.2. The smallest absolute Gasteiger partial charge is 0.320 e. The molecular formula is C24H36N6O3. The Morgan fingerprint density at radius 1 is 1.12 bits per heavy atom. The number of hydrogen-bond donors (Lipinski definition) is 2. The number of ether oxygens (including phenoxy) is 2. The minimum atomic E-state index is -0.319. The van der Waals surface area contributed by atoms with Gasteiger partial charge >= 0.3 is 6.03 Å². The van der Waals surface area contributed by atoms with E-state index in [-0.39, 0.29) is 6.03 Å². The van der Waals surface area contributed by atoms with Gasteiger partial charge in [-0.2, -0.15) is 9.97 Å². The lowest BCUT2D eigenvalue weighted by Gasteiger charge is -2.26. The molecule has 0 bridgehead atoms. The van der Waals surface area contributed by atoms with Crippen molar-refractivity contribution in [2.24, 2.45) is 0 Å². The first kappa shape index (κ1) is 24.7. The number of amides is 2. The Bertz CT molecular complexity index is 839. The molecule has 1 aliphatic heterocycles. The zero-order chi connectivity index (χ0) is 23.3. The van der Waals surface area contributed by atoms with Crippen LogP contribution in [0.2, 0.25) is 0 Å². The van der Waals surface area contributed by atoms with Gasteiger partial charge in [0.1, 0.15) is 12.4 Å². The molecule has 0 unspecified atom stereocenters. The van der Waals surface area contributed by atoms with Gasteiger partial charge in [-0.15, -0.1) is 0 Å². The average Bonchev–Trinajstić information content (AvgIpc) is 2.84. The maximum absolute atomic E-state index is 12.5. The molecule has 1 fully saturated rings. The Morgan fingerprint density at radius 2 is 1.85 bits per heavy atom. The zero-order valence-corrected chi connectivity index (χ0v) is 19.8. The summed E-state index contributed by atoms with van der Waals surface area (Å²) in [5, 5.41) is 5.71. The molecule has 0 saturated carbocycles. The number of benzene rings is 1. The number of urea groups is 1. The van der Waals surface area contributed by atoms with Crippen molar-refractivity contribution in [3.05, 3.63) is 42.0 Å². The van der Waals surface area contributed by atoms with Crippen molar-refractivity contribution in [1.29, 1.82) is 0 Å². The first-order valence-corrected chi connectivity index (χ1v) is 11.8. The molecule has 2 heterocycles. The number of morpholine rings is 1. The first-order chi connectivity index (χ1) is 16.2. The van der Waals surface area contributed by atoms with Gasteiger partial charge in [0.25, 0.3) is 0 Å². The Balaban J connectivity index is 1.66. The Hall–Kier alpha value is -2.91. The van der Waals surface area contributed by atoms with Crippen LogP contribution in [0.5, 0.6) is 5.88 Å². The molecule has 1 aliphatic rings. The van der Waals surface area contributed by atoms with E-state index in [1.807, 2.05) is 30.3 Å². The van der Waals surface area contributed by atoms with E-state index in [0.29, 0.717) is 30.8 Å². The summed E-state index contributed by atoms with van der Waals surface area (Å²) in [7, 11) is 0. The van der Waals surface area contributed by atoms with Gasteiger partial charge in [-0.25, -0.2) is 4.79 Å². The summed E-state index contributed by atoms with van der Waals surface area (Å²) >= 11 is 0. The highest BCUT2D eigenvalue weighted by Gasteiger charge is 2.15. The zero-order valence-electron chi connectivity index (χ0n) is 19.8. The Labute approximate surface area is 196 Å². The van der Waals surface area contributed by atoms with Gasteiger partial charge in [-0.05, 0) is 18.4 Å². The third kappa shape index (κ3) is 8.51. The number of hydrogen-bond acceptors (Lipinski definition) is 7. The molecule has 9 heteroatoms. The van der Waals surface area contributed by atoms with Gasteiger partial charge in [-0.1, -0.05) is 44.2 Å². The molecule has 0 radical (unpaired) electrons. The summed E-state index contributed by atoms with van der Waals surface area (Å²) in [5.41, 5.74) is 1.03. The van der Waals surface area contributed by atoms with Crippen molar-refractivity contribution in [1.82, 2.24) is 20.2 Å². The van der Waals surface area contributed by atoms with Gasteiger partial charge in [0.2, 0.25) is 11.8 Å². The van der Waals surface area contributed by atoms with Crippen molar-refractivity contribution < 1.29 is 14.3 Å². The van der Waals surface area contributed by atoms with Crippen molar-refractivity contribution >= 4 is 17.8 Å². The van der Waals surface area contributed by atoms with Crippen molar-refractivity contribution in [2.45, 2.75) is 33.2 Å². The van der Waals surface area contributed by atoms with Crippen LogP contribution in [0.15, 0.2) is 36.4 Å². The SMILES string of the molecule is CCCN(CCC)c1nc(NC(=O)NCc2ccccc2)cc(OCCN2CCOCC2)n1. The molecule has 1 saturated heterocycles. The molecule has 0 spiro atoms. The molecule has 0 atom stereocenters. The third-order valence-electron chi connectivity index (χ3n) is 5.26. The highest BCUT2D eigenvalue weighted by molar-refractivity contribution is 5.88. The maximum Gasteiger partial charge on any atom is 0.320 e. The molecule has 9 nitrogen and oxygen atoms in total. The van der Waals surface area contributed by atoms with Crippen LogP contribution in [-0.2, 0) is 11.3 Å². The fraction of sp³-hybridized carbons (Fsp3) is 0.542. The molecule has 2 N–H and O–H groups in total. The quantitative estimate of drug-likeness (QED) is 0.507. The highest BCUT2D eigenvalue weighted by Crippen LogP contribution is 2.20. The lowest BCUT2D eigenvalue weighted by molar-refractivity contribution is 0.0320. The van der Waals surface area contributed by atoms with Crippen molar-refractivity contribution in [3.63, 3.8) is 0 Å². The monoisotopic (exact) mass is 456 g/mol. The average molecular weight is 457 g/mol. The maximum atomic E-state index is 12.5. The topological polar surface area (TPSA) is 91.9 Å². The van der Waals surface area contributed by atoms with Crippen LogP contribution in [0.3, 0.4) is 0 Å². The first-order valence-electron chi connectivity index (χ1n) is 11.8. The van der Waals surface area contributed by atoms with E-state index in [1.165, 1.54) is 0 Å². The third-order valence-corrected chi connectivity index (χ3v) is 5.26. The minimum absolute atomic E-state index is 0.319. The van der Waals surface area contributed by atoms with Crippen LogP contribution >= 0.6 is 0 Å². The summed E-state index contributed by atoms with van der Waals surface area (Å²) in [6.45, 7) is 11.0. The highest BCUT2D eigenvalue weighted by atomic mass is 16.5. The van der Waals surface area contributed by atoms with Gasteiger partial charge in [-0.3, -0.25) is 10.2 Å². The minimum Gasteiger partial charge on any atom is -0.476 e. The molecule has 180 valence electrons. The summed E-state index contributed by atoms with van der Waals surface area (Å²) in [6.07, 6.45) is 1.96. The summed E-state index contributed by atoms with van der Waals surface area (Å²) in [5.74, 6) is 1.45. The van der Waals surface area contributed by atoms with E-state index < -0.39 is 0 Å². The molecule has 33 heavy (non-hydrogen) atoms. The second-order valence-corrected chi connectivity index (χ2v) is 7.97. The largest absolute Gasteiger partial charge is 0.476 e. The molecule has 1 aromatic heterocycles. The normalized spacial score (nSPS) is 14.0. The summed E-state index contributed by atoms with van der Waals surface area (Å²) in [4.78, 5) is 26.2. The van der Waals surface area contributed by atoms with E-state index >= 15 is 0 Å². The van der Waals surface area contributed by atoms with E-state index in [2.05, 4.69) is 44.2 Å². The van der Waals surface area contributed by atoms with Gasteiger partial charge in [0.15, 0.2) is 0 Å². The van der Waals surface area contributed by atoms with Crippen LogP contribution in [0, 0.1) is 0 Å². The van der Waals surface area contributed by atoms with Crippen molar-refractivity contribution in [3.8, 4) is 5.88 Å². The molecular weight excluding hydrogens is 420 g/mol. The van der Waals surface area contributed by atoms with Crippen LogP contribution in [0.1, 0.15) is 32.3 Å². The molecule has 0 aliphatic carbocycles. The molecule has 2 aromatic rings. The summed E-state index contributed by atoms with van der Waals surface area (Å²) in [6, 6.07) is 11.1. The second kappa shape index (κ2) is 13.6. The number of anilines is 2. The lowest BCUT2D eigenvalue weighted by Crippen LogP contribution is -2.38. The fourth-order valence-corrected chi connectivity index (χ4v) is 3.59. The standard InChI is InChI=1S/C24H36N6O3/c1-3-10-30(11-4-2)23-26-21(27-24(31)25-19-20-8-6-5-7-9-20)18-22(28-23)33-17-14-29-12-15-32-16-13-29/h5-9,18H,3-4,10-17,19H2,1-2H3,(H2,25,26,27,28,31). The summed E-state index contributed by atoms with van der Waals surface area (Å²) < 4.78 is 11.4. The van der Waals surface area contributed by atoms with Crippen LogP contribution < -0.4 is 20.3 Å². The predicted octanol–water partition coefficient (Wildman–Crippen LogP) is 3.14. The van der Waals surface area contributed by atoms with E-state index in [1.54, 1.807) is 6.07 Å². The van der Waals surface area contributed by atoms with Crippen LogP contribution in [0.25, 0.3) is 0 Å². The number of aromatic nitrogens is 2. The lowest BCUT2D eigenvalue weighted by atomic mass is 10.2. The number of rotatable bonds is 12. The van der Waals surface area contributed by atoms with Crippen molar-refractivity contribution in [2.75, 3.05) is 62.8 Å². The van der Waals surface area contributed by atoms with E-state index in [9.17, 15) is 4.79 Å². The number of carbonyl (C=O) groups is 1. The van der Waals surface area contributed by atoms with Gasteiger partial charge < -0.3 is 19.7 Å². The number of carbonyl (C=O) groups excluding carboxylic acids is 1. The molecule has 3 rings (SSSR count). The number of nitrogens with zero attached hydrogens (tertiary/aromatic N) is 4. The van der Waals surface area contributed by atoms with Crippen LogP contribution in [-0.4, -0.2) is 73.4 Å². The Morgan fingerprint density at radius 3 is 2.55 bits per heavy atom. The van der Waals surface area contributed by atoms with E-state index in [4.69, 9.17) is 9.47 Å². The van der Waals surface area contributed by atoms with Crippen LogP contribution in [0.4, 0.5) is 16.6 Å². The predicted molar refractivity (Wildman–Crippen MR) is 130 cm³/mol. The molecule has 1 aromatic carbocycles. The molecule has 2 amide bonds. The van der Waals surface area contributed by atoms with E-state index in [0.717, 1.165) is 64.3 Å². The van der Waals surface area contributed by atoms with Gasteiger partial charge in [0, 0.05) is 45.3 Å². The fourth-order valence-electron chi connectivity index (χ4n) is 3.59. The second-order valence-electron chi connectivity index (χ2n) is 7.97. The van der Waals surface area contributed by atoms with Gasteiger partial charge in [0.05, 0.1) is 13.2 Å². The number of nitrogens with one attached hydrogen (secondary N) is 2.